The van der Waals surface area contributed by atoms with Crippen LogP contribution in [-0.4, -0.2) is 59.2 Å². The average molecular weight is 312 g/mol. The first-order valence-electron chi connectivity index (χ1n) is 7.02. The van der Waals surface area contributed by atoms with Gasteiger partial charge in [-0.2, -0.15) is 0 Å². The summed E-state index contributed by atoms with van der Waals surface area (Å²) < 4.78 is 0. The second-order valence-electron chi connectivity index (χ2n) is 5.21. The van der Waals surface area contributed by atoms with E-state index >= 15 is 0 Å². The van der Waals surface area contributed by atoms with Gasteiger partial charge in [0.1, 0.15) is 6.54 Å². The highest BCUT2D eigenvalue weighted by Crippen LogP contribution is 2.10. The first-order valence-corrected chi connectivity index (χ1v) is 7.02. The molecule has 7 amide bonds. The Morgan fingerprint density at radius 3 is 2.18 bits per heavy atom. The molecule has 1 rings (SSSR count). The second-order valence-corrected chi connectivity index (χ2v) is 5.21. The lowest BCUT2D eigenvalue weighted by atomic mass is 10.1. The predicted octanol–water partition coefficient (Wildman–Crippen LogP) is -0.331. The van der Waals surface area contributed by atoms with Crippen molar-refractivity contribution in [3.63, 3.8) is 0 Å². The maximum absolute atomic E-state index is 11.8. The smallest absolute Gasteiger partial charge is 0.334 e. The zero-order valence-electron chi connectivity index (χ0n) is 12.8. The van der Waals surface area contributed by atoms with E-state index in [0.717, 1.165) is 11.3 Å². The minimum Gasteiger partial charge on any atom is -0.338 e. The molecule has 1 heterocycles. The molecule has 122 valence electrons. The summed E-state index contributed by atoms with van der Waals surface area (Å²) in [5.74, 6) is -2.47. The van der Waals surface area contributed by atoms with Crippen LogP contribution in [0.4, 0.5) is 9.59 Å². The number of nitrogens with one attached hydrogen (secondary N) is 2. The van der Waals surface area contributed by atoms with E-state index in [2.05, 4.69) is 5.32 Å². The van der Waals surface area contributed by atoms with Gasteiger partial charge in [0.25, 0.3) is 0 Å². The number of carbonyl (C=O) groups excluding carboxylic acids is 5. The normalized spacial score (nSPS) is 14.8. The molecule has 0 atom stereocenters. The van der Waals surface area contributed by atoms with E-state index in [9.17, 15) is 24.0 Å². The molecule has 9 heteroatoms. The fraction of sp³-hybridized carbons (Fsp3) is 0.615. The molecule has 0 saturated carbocycles. The molecular weight excluding hydrogens is 292 g/mol. The maximum atomic E-state index is 11.8. The fourth-order valence-corrected chi connectivity index (χ4v) is 1.80. The fourth-order valence-electron chi connectivity index (χ4n) is 1.80. The first kappa shape index (κ1) is 17.6. The molecule has 2 N–H and O–H groups in total. The third-order valence-electron chi connectivity index (χ3n) is 3.01. The highest BCUT2D eigenvalue weighted by molar-refractivity contribution is 6.45. The molecule has 0 aliphatic carbocycles. The summed E-state index contributed by atoms with van der Waals surface area (Å²) in [6, 6.07) is -1.56. The molecule has 0 unspecified atom stereocenters. The Labute approximate surface area is 128 Å². The van der Waals surface area contributed by atoms with Gasteiger partial charge >= 0.3 is 23.9 Å². The number of rotatable bonds is 6. The van der Waals surface area contributed by atoms with E-state index in [0.29, 0.717) is 17.4 Å². The first-order chi connectivity index (χ1) is 10.3. The lowest BCUT2D eigenvalue weighted by Crippen LogP contribution is -2.46. The van der Waals surface area contributed by atoms with E-state index in [1.165, 1.54) is 6.92 Å². The minimum absolute atomic E-state index is 0.0389. The van der Waals surface area contributed by atoms with Crippen molar-refractivity contribution in [1.82, 2.24) is 20.4 Å². The quantitative estimate of drug-likeness (QED) is 0.514. The van der Waals surface area contributed by atoms with Gasteiger partial charge in [0.15, 0.2) is 0 Å². The van der Waals surface area contributed by atoms with E-state index in [1.54, 1.807) is 0 Å². The standard InChI is InChI=1S/C13H20N4O5/c1-4-16-10(19)11(20)17(13(16)22)7-9(18)15-12(21)14-6-5-8(2)3/h8H,4-7H2,1-3H3,(H2,14,15,18,21). The van der Waals surface area contributed by atoms with Crippen LogP contribution in [0.25, 0.3) is 0 Å². The molecule has 0 spiro atoms. The third kappa shape index (κ3) is 4.27. The number of hydrogen-bond donors (Lipinski definition) is 2. The van der Waals surface area contributed by atoms with Crippen molar-refractivity contribution in [2.24, 2.45) is 5.92 Å². The van der Waals surface area contributed by atoms with E-state index in [-0.39, 0.29) is 6.54 Å². The third-order valence-corrected chi connectivity index (χ3v) is 3.01. The number of likely N-dealkylation sites (N-methyl/N-ethyl adjacent to an activating group) is 1. The van der Waals surface area contributed by atoms with Crippen LogP contribution < -0.4 is 10.6 Å². The Bertz CT molecular complexity index is 503. The van der Waals surface area contributed by atoms with Crippen LogP contribution in [0.1, 0.15) is 27.2 Å². The molecule has 1 aliphatic rings. The predicted molar refractivity (Wildman–Crippen MR) is 75.5 cm³/mol. The zero-order chi connectivity index (χ0) is 16.9. The van der Waals surface area contributed by atoms with E-state index in [1.807, 2.05) is 19.2 Å². The SMILES string of the molecule is CCN1C(=O)C(=O)N(CC(=O)NC(=O)NCCC(C)C)C1=O. The van der Waals surface area contributed by atoms with Gasteiger partial charge in [0, 0.05) is 13.1 Å². The number of nitrogens with zero attached hydrogens (tertiary/aromatic N) is 2. The highest BCUT2D eigenvalue weighted by Gasteiger charge is 2.44. The summed E-state index contributed by atoms with van der Waals surface area (Å²) in [6.45, 7) is 5.29. The molecule has 1 fully saturated rings. The van der Waals surface area contributed by atoms with Gasteiger partial charge < -0.3 is 5.32 Å². The van der Waals surface area contributed by atoms with E-state index < -0.39 is 36.3 Å². The van der Waals surface area contributed by atoms with Crippen molar-refractivity contribution >= 4 is 29.8 Å². The maximum Gasteiger partial charge on any atom is 0.334 e. The lowest BCUT2D eigenvalue weighted by molar-refractivity contribution is -0.143. The van der Waals surface area contributed by atoms with Crippen LogP contribution >= 0.6 is 0 Å². The molecule has 22 heavy (non-hydrogen) atoms. The number of hydrogen-bond acceptors (Lipinski definition) is 5. The largest absolute Gasteiger partial charge is 0.338 e. The van der Waals surface area contributed by atoms with Crippen molar-refractivity contribution in [3.05, 3.63) is 0 Å². The molecule has 0 radical (unpaired) electrons. The van der Waals surface area contributed by atoms with Crippen molar-refractivity contribution < 1.29 is 24.0 Å². The molecule has 1 saturated heterocycles. The Balaban J connectivity index is 2.48. The molecule has 0 aromatic heterocycles. The highest BCUT2D eigenvalue weighted by atomic mass is 16.2. The van der Waals surface area contributed by atoms with Crippen LogP contribution in [0.15, 0.2) is 0 Å². The van der Waals surface area contributed by atoms with Crippen LogP contribution in [0.5, 0.6) is 0 Å². The minimum atomic E-state index is -1.07. The van der Waals surface area contributed by atoms with Crippen molar-refractivity contribution in [3.8, 4) is 0 Å². The molecule has 9 nitrogen and oxygen atoms in total. The number of carbonyl (C=O) groups is 5. The Morgan fingerprint density at radius 2 is 1.68 bits per heavy atom. The van der Waals surface area contributed by atoms with Gasteiger partial charge in [-0.05, 0) is 19.3 Å². The Hall–Kier alpha value is -2.45. The van der Waals surface area contributed by atoms with Crippen molar-refractivity contribution in [2.75, 3.05) is 19.6 Å². The van der Waals surface area contributed by atoms with Gasteiger partial charge in [-0.3, -0.25) is 24.6 Å². The number of imide groups is 3. The summed E-state index contributed by atoms with van der Waals surface area (Å²) in [6.07, 6.45) is 0.755. The van der Waals surface area contributed by atoms with Crippen molar-refractivity contribution in [1.29, 1.82) is 0 Å². The van der Waals surface area contributed by atoms with E-state index in [4.69, 9.17) is 0 Å². The molecule has 0 bridgehead atoms. The van der Waals surface area contributed by atoms with Crippen LogP contribution in [0.2, 0.25) is 0 Å². The summed E-state index contributed by atoms with van der Waals surface area (Å²) in [5, 5.41) is 4.49. The number of urea groups is 2. The summed E-state index contributed by atoms with van der Waals surface area (Å²) in [4.78, 5) is 59.2. The molecule has 0 aromatic rings. The average Bonchev–Trinajstić information content (AvgIpc) is 2.62. The summed E-state index contributed by atoms with van der Waals surface area (Å²) in [7, 11) is 0. The van der Waals surface area contributed by atoms with Crippen molar-refractivity contribution in [2.45, 2.75) is 27.2 Å². The monoisotopic (exact) mass is 312 g/mol. The summed E-state index contributed by atoms with van der Waals surface area (Å²) in [5.41, 5.74) is 0. The topological polar surface area (TPSA) is 116 Å². The van der Waals surface area contributed by atoms with Gasteiger partial charge in [-0.25, -0.2) is 14.5 Å². The molecule has 0 aromatic carbocycles. The van der Waals surface area contributed by atoms with Crippen LogP contribution in [0.3, 0.4) is 0 Å². The van der Waals surface area contributed by atoms with Gasteiger partial charge in [0.2, 0.25) is 5.91 Å². The van der Waals surface area contributed by atoms with Gasteiger partial charge in [0.05, 0.1) is 0 Å². The molecule has 1 aliphatic heterocycles. The van der Waals surface area contributed by atoms with Gasteiger partial charge in [-0.1, -0.05) is 13.8 Å². The number of amides is 7. The van der Waals surface area contributed by atoms with Crippen LogP contribution in [0, 0.1) is 5.92 Å². The second kappa shape index (κ2) is 7.53. The Morgan fingerprint density at radius 1 is 1.09 bits per heavy atom. The Kier molecular flexibility index (Phi) is 6.02. The lowest BCUT2D eigenvalue weighted by Gasteiger charge is -2.14. The van der Waals surface area contributed by atoms with Crippen LogP contribution in [-0.2, 0) is 14.4 Å². The zero-order valence-corrected chi connectivity index (χ0v) is 12.8. The molecular formula is C13H20N4O5. The summed E-state index contributed by atoms with van der Waals surface area (Å²) >= 11 is 0. The van der Waals surface area contributed by atoms with Gasteiger partial charge in [-0.15, -0.1) is 0 Å².